The first-order valence-electron chi connectivity index (χ1n) is 4.47. The van der Waals surface area contributed by atoms with E-state index in [1.54, 1.807) is 22.8 Å². The van der Waals surface area contributed by atoms with Crippen molar-refractivity contribution in [1.29, 1.82) is 0 Å². The van der Waals surface area contributed by atoms with Gasteiger partial charge in [0.25, 0.3) is 0 Å². The van der Waals surface area contributed by atoms with Gasteiger partial charge in [-0.25, -0.2) is 9.67 Å². The van der Waals surface area contributed by atoms with E-state index in [0.717, 1.165) is 15.4 Å². The summed E-state index contributed by atoms with van der Waals surface area (Å²) < 4.78 is 2.89. The number of hydrogen-bond acceptors (Lipinski definition) is 3. The lowest BCUT2D eigenvalue weighted by Crippen LogP contribution is -1.92. The summed E-state index contributed by atoms with van der Waals surface area (Å²) in [5, 5.41) is 4.96. The van der Waals surface area contributed by atoms with Gasteiger partial charge in [0.2, 0.25) is 0 Å². The molecule has 2 rings (SSSR count). The molecule has 0 fully saturated rings. The predicted molar refractivity (Wildman–Crippen MR) is 64.7 cm³/mol. The van der Waals surface area contributed by atoms with E-state index < -0.39 is 0 Å². The van der Waals surface area contributed by atoms with Gasteiger partial charge in [-0.3, -0.25) is 0 Å². The van der Waals surface area contributed by atoms with Crippen LogP contribution in [0.5, 0.6) is 0 Å². The van der Waals surface area contributed by atoms with Crippen molar-refractivity contribution in [1.82, 2.24) is 14.8 Å². The van der Waals surface area contributed by atoms with Gasteiger partial charge >= 0.3 is 0 Å². The zero-order valence-corrected chi connectivity index (χ0v) is 10.6. The lowest BCUT2D eigenvalue weighted by Gasteiger charge is -2.00. The molecule has 0 saturated heterocycles. The fourth-order valence-corrected chi connectivity index (χ4v) is 2.25. The SMILES string of the molecule is Cn1ncnc1SCc1ccc(Br)cc1. The van der Waals surface area contributed by atoms with Crippen LogP contribution in [0.3, 0.4) is 0 Å². The monoisotopic (exact) mass is 283 g/mol. The highest BCUT2D eigenvalue weighted by Gasteiger charge is 2.01. The third-order valence-electron chi connectivity index (χ3n) is 1.95. The van der Waals surface area contributed by atoms with Gasteiger partial charge in [0, 0.05) is 17.3 Å². The van der Waals surface area contributed by atoms with E-state index in [2.05, 4.69) is 38.1 Å². The fourth-order valence-electron chi connectivity index (χ4n) is 1.14. The van der Waals surface area contributed by atoms with Crippen LogP contribution >= 0.6 is 27.7 Å². The molecule has 15 heavy (non-hydrogen) atoms. The molecule has 5 heteroatoms. The van der Waals surface area contributed by atoms with Crippen molar-refractivity contribution < 1.29 is 0 Å². The Morgan fingerprint density at radius 1 is 1.33 bits per heavy atom. The van der Waals surface area contributed by atoms with Gasteiger partial charge in [-0.05, 0) is 17.7 Å². The van der Waals surface area contributed by atoms with Gasteiger partial charge in [-0.2, -0.15) is 5.10 Å². The van der Waals surface area contributed by atoms with E-state index in [1.807, 2.05) is 19.2 Å². The average Bonchev–Trinajstić information content (AvgIpc) is 2.63. The second-order valence-corrected chi connectivity index (χ2v) is 4.94. The van der Waals surface area contributed by atoms with Crippen LogP contribution in [-0.4, -0.2) is 14.8 Å². The number of halogens is 1. The summed E-state index contributed by atoms with van der Waals surface area (Å²) in [5.41, 5.74) is 1.28. The van der Waals surface area contributed by atoms with Crippen molar-refractivity contribution in [2.45, 2.75) is 10.9 Å². The maximum Gasteiger partial charge on any atom is 0.186 e. The average molecular weight is 284 g/mol. The summed E-state index contributed by atoms with van der Waals surface area (Å²) in [5.74, 6) is 0.916. The van der Waals surface area contributed by atoms with Crippen molar-refractivity contribution in [3.63, 3.8) is 0 Å². The van der Waals surface area contributed by atoms with Crippen molar-refractivity contribution >= 4 is 27.7 Å². The smallest absolute Gasteiger partial charge is 0.186 e. The van der Waals surface area contributed by atoms with Gasteiger partial charge in [-0.15, -0.1) is 0 Å². The maximum atomic E-state index is 4.15. The minimum absolute atomic E-state index is 0.916. The Hall–Kier alpha value is -0.810. The largest absolute Gasteiger partial charge is 0.244 e. The molecule has 0 bridgehead atoms. The summed E-state index contributed by atoms with van der Waals surface area (Å²) in [6.45, 7) is 0. The summed E-state index contributed by atoms with van der Waals surface area (Å²) in [6.07, 6.45) is 1.57. The number of nitrogens with zero attached hydrogens (tertiary/aromatic N) is 3. The van der Waals surface area contributed by atoms with E-state index in [-0.39, 0.29) is 0 Å². The molecule has 0 aliphatic rings. The van der Waals surface area contributed by atoms with Crippen LogP contribution in [0.2, 0.25) is 0 Å². The zero-order chi connectivity index (χ0) is 10.7. The number of rotatable bonds is 3. The van der Waals surface area contributed by atoms with Crippen LogP contribution in [-0.2, 0) is 12.8 Å². The van der Waals surface area contributed by atoms with Gasteiger partial charge in [-0.1, -0.05) is 39.8 Å². The molecule has 0 aliphatic carbocycles. The van der Waals surface area contributed by atoms with E-state index in [4.69, 9.17) is 0 Å². The van der Waals surface area contributed by atoms with Crippen LogP contribution in [0.25, 0.3) is 0 Å². The highest BCUT2D eigenvalue weighted by atomic mass is 79.9. The standard InChI is InChI=1S/C10H10BrN3S/c1-14-10(12-7-13-14)15-6-8-2-4-9(11)5-3-8/h2-5,7H,6H2,1H3. The predicted octanol–water partition coefficient (Wildman–Crippen LogP) is 2.87. The Morgan fingerprint density at radius 2 is 2.07 bits per heavy atom. The normalized spacial score (nSPS) is 10.5. The first-order valence-corrected chi connectivity index (χ1v) is 6.25. The van der Waals surface area contributed by atoms with E-state index in [0.29, 0.717) is 0 Å². The second-order valence-electron chi connectivity index (χ2n) is 3.08. The number of hydrogen-bond donors (Lipinski definition) is 0. The number of aryl methyl sites for hydroxylation is 1. The van der Waals surface area contributed by atoms with Crippen molar-refractivity contribution in [3.05, 3.63) is 40.6 Å². The Balaban J connectivity index is 1.99. The summed E-state index contributed by atoms with van der Waals surface area (Å²) in [6, 6.07) is 8.31. The summed E-state index contributed by atoms with van der Waals surface area (Å²) in [4.78, 5) is 4.15. The molecule has 0 saturated carbocycles. The second kappa shape index (κ2) is 4.81. The molecule has 0 amide bonds. The van der Waals surface area contributed by atoms with E-state index in [9.17, 15) is 0 Å². The topological polar surface area (TPSA) is 30.7 Å². The molecule has 3 nitrogen and oxygen atoms in total. The lowest BCUT2D eigenvalue weighted by atomic mass is 10.2. The maximum absolute atomic E-state index is 4.15. The summed E-state index contributed by atoms with van der Waals surface area (Å²) >= 11 is 5.10. The first-order chi connectivity index (χ1) is 7.25. The van der Waals surface area contributed by atoms with Gasteiger partial charge in [0.1, 0.15) is 6.33 Å². The molecular formula is C10H10BrN3S. The molecule has 0 atom stereocenters. The first kappa shape index (κ1) is 10.7. The lowest BCUT2D eigenvalue weighted by molar-refractivity contribution is 0.685. The fraction of sp³-hybridized carbons (Fsp3) is 0.200. The van der Waals surface area contributed by atoms with Crippen LogP contribution in [0.15, 0.2) is 40.2 Å². The van der Waals surface area contributed by atoms with Crippen LogP contribution in [0.4, 0.5) is 0 Å². The Labute approximate surface area is 101 Å². The molecule has 2 aromatic rings. The highest BCUT2D eigenvalue weighted by Crippen LogP contribution is 2.20. The Kier molecular flexibility index (Phi) is 3.43. The molecule has 0 aliphatic heterocycles. The third kappa shape index (κ3) is 2.82. The Bertz CT molecular complexity index is 438. The van der Waals surface area contributed by atoms with Crippen molar-refractivity contribution in [2.24, 2.45) is 7.05 Å². The molecule has 0 unspecified atom stereocenters. The van der Waals surface area contributed by atoms with Gasteiger partial charge in [0.15, 0.2) is 5.16 Å². The van der Waals surface area contributed by atoms with Crippen LogP contribution in [0.1, 0.15) is 5.56 Å². The zero-order valence-electron chi connectivity index (χ0n) is 8.22. The van der Waals surface area contributed by atoms with Crippen LogP contribution in [0, 0.1) is 0 Å². The molecular weight excluding hydrogens is 274 g/mol. The molecule has 1 heterocycles. The Morgan fingerprint density at radius 3 is 2.67 bits per heavy atom. The van der Waals surface area contributed by atoms with E-state index in [1.165, 1.54) is 5.56 Å². The molecule has 0 spiro atoms. The number of benzene rings is 1. The van der Waals surface area contributed by atoms with Crippen molar-refractivity contribution in [2.75, 3.05) is 0 Å². The molecule has 1 aromatic heterocycles. The quantitative estimate of drug-likeness (QED) is 0.812. The minimum Gasteiger partial charge on any atom is -0.244 e. The molecule has 0 radical (unpaired) electrons. The van der Waals surface area contributed by atoms with Crippen molar-refractivity contribution in [3.8, 4) is 0 Å². The van der Waals surface area contributed by atoms with Gasteiger partial charge in [0.05, 0.1) is 0 Å². The molecule has 0 N–H and O–H groups in total. The van der Waals surface area contributed by atoms with Crippen LogP contribution < -0.4 is 0 Å². The molecule has 78 valence electrons. The minimum atomic E-state index is 0.916. The highest BCUT2D eigenvalue weighted by molar-refractivity contribution is 9.10. The number of aromatic nitrogens is 3. The molecule has 1 aromatic carbocycles. The van der Waals surface area contributed by atoms with Gasteiger partial charge < -0.3 is 0 Å². The third-order valence-corrected chi connectivity index (χ3v) is 3.59. The van der Waals surface area contributed by atoms with E-state index >= 15 is 0 Å². The summed E-state index contributed by atoms with van der Waals surface area (Å²) in [7, 11) is 1.90. The number of thioether (sulfide) groups is 1.